The fraction of sp³-hybridized carbons (Fsp3) is 0.591. The summed E-state index contributed by atoms with van der Waals surface area (Å²) in [5, 5.41) is 63.6. The minimum Gasteiger partial charge on any atom is -0.456 e. The molecular weight excluding hydrogens is 1240 g/mol. The Morgan fingerprint density at radius 1 is 0.903 bits per heavy atom. The summed E-state index contributed by atoms with van der Waals surface area (Å²) < 4.78 is 34.3. The molecule has 3 aliphatic carbocycles. The van der Waals surface area contributed by atoms with Gasteiger partial charge in [-0.25, -0.2) is 14.4 Å². The van der Waals surface area contributed by atoms with Crippen LogP contribution >= 0.6 is 0 Å². The number of ether oxygens (including phenoxy) is 6. The maximum atomic E-state index is 14.8. The standard InChI is InChI=1S/C44H57NO15.2Ac/c1-7-55-21-27(22-56-8-2)58-40(52)45-32(25-15-11-9-12-16-25)34(48)39(51)59-28-20-44(54)37(60-38(50)26-17-13-10-14-18-26)35-42(6,29(46)19-30-43(35,53)23-57-30)36(49)33(47)31(24(28)3)41(44,4)5;;/h9-18,27-30,32-35,37,46-48,53-54H,7-8,19-23H2,1-6H3,(H,45,52);;/t28?,29-,30+,32-,33+,34+,35-,37-,42+,43-,44+;;/m0../s1. The third-order valence-corrected chi connectivity index (χ3v) is 13.2. The van der Waals surface area contributed by atoms with Crippen LogP contribution in [-0.4, -0.2) is 136 Å². The van der Waals surface area contributed by atoms with Crippen molar-refractivity contribution in [2.24, 2.45) is 16.7 Å². The smallest absolute Gasteiger partial charge is 0.408 e. The number of carbonyl (C=O) groups excluding carboxylic acids is 4. The van der Waals surface area contributed by atoms with Crippen molar-refractivity contribution in [3.8, 4) is 0 Å². The maximum absolute atomic E-state index is 14.8. The largest absolute Gasteiger partial charge is 0.456 e. The number of amides is 1. The van der Waals surface area contributed by atoms with Crippen LogP contribution in [0.4, 0.5) is 4.79 Å². The van der Waals surface area contributed by atoms with E-state index in [1.54, 1.807) is 76.2 Å². The number of aliphatic hydroxyl groups excluding tert-OH is 3. The third-order valence-electron chi connectivity index (χ3n) is 13.2. The zero-order valence-corrected chi connectivity index (χ0v) is 45.4. The molecule has 6 rings (SSSR count). The summed E-state index contributed by atoms with van der Waals surface area (Å²) in [6.45, 7) is 9.97. The molecule has 0 aromatic heterocycles. The molecule has 16 nitrogen and oxygen atoms in total. The summed E-state index contributed by atoms with van der Waals surface area (Å²) >= 11 is 0. The third kappa shape index (κ3) is 9.84. The van der Waals surface area contributed by atoms with Gasteiger partial charge in [-0.15, -0.1) is 0 Å². The number of fused-ring (bicyclic) bond motifs is 5. The SMILES string of the molecule is CCOCC(COCC)OC(=O)N[C@@H](c1ccccc1)[C@@H](O)C(=O)OC1C[C@@]2(O)[C@@H](OC(=O)c3ccccc3)[C@@H]3[C@]4(O)CO[C@@H]4C[C@H](O)[C@@]3(C)C(=O)[C@H](O)C(=C1C)C2(C)C.[Ac].[Ac]. The molecule has 2 bridgehead atoms. The number of esters is 2. The van der Waals surface area contributed by atoms with E-state index in [1.165, 1.54) is 26.0 Å². The molecule has 1 unspecified atom stereocenters. The van der Waals surface area contributed by atoms with Gasteiger partial charge in [-0.3, -0.25) is 4.79 Å². The molecule has 6 N–H and O–H groups in total. The number of benzene rings is 2. The molecule has 0 spiro atoms. The molecule has 2 radical (unpaired) electrons. The number of aliphatic hydroxyl groups is 5. The number of carbonyl (C=O) groups is 4. The number of ketones is 1. The Kier molecular flexibility index (Phi) is 18.5. The zero-order chi connectivity index (χ0) is 43.8. The van der Waals surface area contributed by atoms with Crippen molar-refractivity contribution in [1.29, 1.82) is 0 Å². The van der Waals surface area contributed by atoms with Gasteiger partial charge in [0.15, 0.2) is 18.0 Å². The van der Waals surface area contributed by atoms with Gasteiger partial charge in [0.2, 0.25) is 0 Å². The Morgan fingerprint density at radius 3 is 2.03 bits per heavy atom. The molecule has 1 amide bonds. The molecule has 2 aromatic carbocycles. The van der Waals surface area contributed by atoms with Crippen LogP contribution in [0, 0.1) is 105 Å². The van der Waals surface area contributed by atoms with Crippen LogP contribution in [0.3, 0.4) is 0 Å². The molecule has 18 heteroatoms. The van der Waals surface area contributed by atoms with Crippen molar-refractivity contribution in [3.63, 3.8) is 0 Å². The van der Waals surface area contributed by atoms with Crippen LogP contribution < -0.4 is 5.32 Å². The monoisotopic (exact) mass is 1290 g/mol. The van der Waals surface area contributed by atoms with Gasteiger partial charge >= 0.3 is 18.0 Å². The van der Waals surface area contributed by atoms with Crippen LogP contribution in [0.5, 0.6) is 0 Å². The number of Topliss-reactive ketones (excluding diaryl/α,β-unsaturated/α-hetero) is 1. The minimum atomic E-state index is -2.33. The van der Waals surface area contributed by atoms with Crippen molar-refractivity contribution in [3.05, 3.63) is 82.9 Å². The van der Waals surface area contributed by atoms with E-state index < -0.39 is 107 Å². The van der Waals surface area contributed by atoms with Crippen LogP contribution in [0.25, 0.3) is 0 Å². The normalized spacial score (nSPS) is 31.8. The molecule has 334 valence electrons. The Bertz CT molecular complexity index is 1930. The Labute approximate surface area is 432 Å². The van der Waals surface area contributed by atoms with Gasteiger partial charge in [-0.05, 0) is 56.5 Å². The predicted octanol–water partition coefficient (Wildman–Crippen LogP) is 2.33. The van der Waals surface area contributed by atoms with E-state index in [-0.39, 0.29) is 131 Å². The van der Waals surface area contributed by atoms with Crippen LogP contribution in [0.15, 0.2) is 71.8 Å². The number of rotatable bonds is 14. The first-order chi connectivity index (χ1) is 28.4. The fourth-order valence-electron chi connectivity index (χ4n) is 9.65. The molecule has 2 aromatic rings. The van der Waals surface area contributed by atoms with E-state index in [9.17, 15) is 44.7 Å². The number of alkyl carbamates (subject to hydrolysis) is 1. The molecule has 1 heterocycles. The van der Waals surface area contributed by atoms with Gasteiger partial charge in [-0.2, -0.15) is 0 Å². The van der Waals surface area contributed by atoms with Gasteiger partial charge in [0, 0.05) is 126 Å². The quantitative estimate of drug-likeness (QED) is 0.0905. The second-order valence-electron chi connectivity index (χ2n) is 16.9. The Hall–Kier alpha value is -1.38. The maximum Gasteiger partial charge on any atom is 0.408 e. The van der Waals surface area contributed by atoms with E-state index >= 15 is 0 Å². The summed E-state index contributed by atoms with van der Waals surface area (Å²) in [6.07, 6.45) is -12.3. The Balaban J connectivity index is 0.00000422. The van der Waals surface area contributed by atoms with Gasteiger partial charge in [0.25, 0.3) is 0 Å². The first kappa shape index (κ1) is 53.2. The molecule has 11 atom stereocenters. The number of hydrogen-bond acceptors (Lipinski definition) is 15. The molecule has 62 heavy (non-hydrogen) atoms. The topological polar surface area (TPSA) is 237 Å². The predicted molar refractivity (Wildman–Crippen MR) is 211 cm³/mol. The summed E-state index contributed by atoms with van der Waals surface area (Å²) in [5.74, 6) is -4.61. The van der Waals surface area contributed by atoms with Gasteiger partial charge in [-0.1, -0.05) is 62.4 Å². The molecular formula is C44H57Ac2NO15. The second-order valence-corrected chi connectivity index (χ2v) is 16.9. The van der Waals surface area contributed by atoms with Crippen LogP contribution in [0.1, 0.15) is 76.3 Å². The minimum absolute atomic E-state index is 0. The van der Waals surface area contributed by atoms with Crippen molar-refractivity contribution in [2.45, 2.75) is 114 Å². The number of hydrogen-bond donors (Lipinski definition) is 6. The van der Waals surface area contributed by atoms with Gasteiger partial charge in [0.05, 0.1) is 49.0 Å². The molecule has 1 saturated heterocycles. The van der Waals surface area contributed by atoms with Crippen LogP contribution in [-0.2, 0) is 38.0 Å². The fourth-order valence-corrected chi connectivity index (χ4v) is 9.65. The van der Waals surface area contributed by atoms with E-state index in [0.717, 1.165) is 0 Å². The summed E-state index contributed by atoms with van der Waals surface area (Å²) in [7, 11) is 0. The van der Waals surface area contributed by atoms with Crippen molar-refractivity contribution in [2.75, 3.05) is 33.0 Å². The van der Waals surface area contributed by atoms with Gasteiger partial charge in [0.1, 0.15) is 29.5 Å². The first-order valence-electron chi connectivity index (χ1n) is 20.4. The molecule has 2 saturated carbocycles. The summed E-state index contributed by atoms with van der Waals surface area (Å²) in [6, 6.07) is 14.6. The van der Waals surface area contributed by atoms with Crippen molar-refractivity contribution in [1.82, 2.24) is 5.32 Å². The average Bonchev–Trinajstić information content (AvgIpc) is 3.22. The average molecular weight is 1290 g/mol. The summed E-state index contributed by atoms with van der Waals surface area (Å²) in [4.78, 5) is 56.2. The van der Waals surface area contributed by atoms with Crippen molar-refractivity contribution >= 4 is 23.8 Å². The molecule has 3 fully saturated rings. The van der Waals surface area contributed by atoms with Crippen LogP contribution in [0.2, 0.25) is 0 Å². The van der Waals surface area contributed by atoms with Crippen molar-refractivity contribution < 1.29 is 161 Å². The van der Waals surface area contributed by atoms with E-state index in [2.05, 4.69) is 5.32 Å². The second kappa shape index (κ2) is 21.5. The first-order valence-corrected chi connectivity index (χ1v) is 20.4. The zero-order valence-electron chi connectivity index (χ0n) is 35.9. The Morgan fingerprint density at radius 2 is 1.48 bits per heavy atom. The van der Waals surface area contributed by atoms with E-state index in [0.29, 0.717) is 18.8 Å². The molecule has 4 aliphatic rings. The number of nitrogens with one attached hydrogen (secondary N) is 1. The summed E-state index contributed by atoms with van der Waals surface area (Å²) in [5.41, 5.74) is -7.35. The molecule has 1 aliphatic heterocycles. The van der Waals surface area contributed by atoms with E-state index in [4.69, 9.17) is 28.4 Å². The van der Waals surface area contributed by atoms with E-state index in [1.807, 2.05) is 0 Å². The van der Waals surface area contributed by atoms with Gasteiger partial charge < -0.3 is 59.3 Å².